The number of carbonyl (C=O) groups excluding carboxylic acids is 1. The summed E-state index contributed by atoms with van der Waals surface area (Å²) < 4.78 is 5.59. The minimum Gasteiger partial charge on any atom is -0.476 e. The maximum Gasteiger partial charge on any atom is 0.279 e. The summed E-state index contributed by atoms with van der Waals surface area (Å²) in [7, 11) is 0. The lowest BCUT2D eigenvalue weighted by Gasteiger charge is -2.12. The first-order valence-corrected chi connectivity index (χ1v) is 9.22. The van der Waals surface area contributed by atoms with E-state index in [9.17, 15) is 4.79 Å². The number of benzene rings is 2. The number of fused-ring (bicyclic) bond motifs is 1. The summed E-state index contributed by atoms with van der Waals surface area (Å²) in [5.41, 5.74) is 5.77. The van der Waals surface area contributed by atoms with Gasteiger partial charge in [-0.3, -0.25) is 4.79 Å². The molecule has 0 atom stereocenters. The van der Waals surface area contributed by atoms with E-state index in [1.807, 2.05) is 57.2 Å². The van der Waals surface area contributed by atoms with Gasteiger partial charge in [-0.1, -0.05) is 26.0 Å². The first-order valence-electron chi connectivity index (χ1n) is 9.22. The first-order chi connectivity index (χ1) is 12.9. The van der Waals surface area contributed by atoms with Crippen molar-refractivity contribution in [2.75, 3.05) is 11.9 Å². The largest absolute Gasteiger partial charge is 0.476 e. The average Bonchev–Trinajstić information content (AvgIpc) is 2.63. The van der Waals surface area contributed by atoms with Crippen molar-refractivity contribution in [3.05, 3.63) is 58.8 Å². The van der Waals surface area contributed by atoms with Crippen molar-refractivity contribution >= 4 is 22.6 Å². The van der Waals surface area contributed by atoms with Gasteiger partial charge in [-0.15, -0.1) is 0 Å². The fraction of sp³-hybridized carbons (Fsp3) is 0.318. The molecule has 2 aromatic carbocycles. The zero-order valence-corrected chi connectivity index (χ0v) is 16.5. The Bertz CT molecular complexity index is 979. The van der Waals surface area contributed by atoms with E-state index in [1.54, 1.807) is 0 Å². The summed E-state index contributed by atoms with van der Waals surface area (Å²) in [6, 6.07) is 11.7. The van der Waals surface area contributed by atoms with Gasteiger partial charge in [0, 0.05) is 5.69 Å². The Balaban J connectivity index is 1.96. The Hall–Kier alpha value is -2.95. The van der Waals surface area contributed by atoms with Crippen LogP contribution in [0.3, 0.4) is 0 Å². The van der Waals surface area contributed by atoms with Crippen LogP contribution in [-0.4, -0.2) is 22.5 Å². The lowest BCUT2D eigenvalue weighted by molar-refractivity contribution is 0.101. The Labute approximate surface area is 159 Å². The normalized spacial score (nSPS) is 11.0. The number of hydrogen-bond donors (Lipinski definition) is 1. The van der Waals surface area contributed by atoms with Gasteiger partial charge in [-0.2, -0.15) is 0 Å². The predicted molar refractivity (Wildman–Crippen MR) is 109 cm³/mol. The van der Waals surface area contributed by atoms with Gasteiger partial charge >= 0.3 is 0 Å². The van der Waals surface area contributed by atoms with E-state index in [0.717, 1.165) is 16.6 Å². The molecule has 0 bridgehead atoms. The summed E-state index contributed by atoms with van der Waals surface area (Å²) in [4.78, 5) is 21.9. The molecule has 5 heteroatoms. The molecule has 1 amide bonds. The van der Waals surface area contributed by atoms with Crippen molar-refractivity contribution in [3.63, 3.8) is 0 Å². The van der Waals surface area contributed by atoms with Crippen LogP contribution < -0.4 is 10.1 Å². The van der Waals surface area contributed by atoms with Crippen LogP contribution in [-0.2, 0) is 0 Å². The summed E-state index contributed by atoms with van der Waals surface area (Å²) in [5.74, 6) is 0.366. The van der Waals surface area contributed by atoms with E-state index < -0.39 is 0 Å². The molecule has 5 nitrogen and oxygen atoms in total. The van der Waals surface area contributed by atoms with E-state index in [-0.39, 0.29) is 17.5 Å². The van der Waals surface area contributed by atoms with Gasteiger partial charge in [-0.25, -0.2) is 9.97 Å². The molecule has 1 N–H and O–H groups in total. The molecule has 3 rings (SSSR count). The Kier molecular flexibility index (Phi) is 5.40. The van der Waals surface area contributed by atoms with Crippen molar-refractivity contribution < 1.29 is 9.53 Å². The van der Waals surface area contributed by atoms with Crippen molar-refractivity contribution in [2.24, 2.45) is 0 Å². The van der Waals surface area contributed by atoms with Crippen molar-refractivity contribution in [3.8, 4) is 5.88 Å². The highest BCUT2D eigenvalue weighted by atomic mass is 16.5. The minimum absolute atomic E-state index is 0.195. The Morgan fingerprint density at radius 1 is 1.04 bits per heavy atom. The van der Waals surface area contributed by atoms with Gasteiger partial charge in [0.15, 0.2) is 5.69 Å². The van der Waals surface area contributed by atoms with Crippen LogP contribution in [0.25, 0.3) is 11.0 Å². The number of nitrogens with zero attached hydrogens (tertiary/aromatic N) is 2. The third-order valence-electron chi connectivity index (χ3n) is 4.58. The molecule has 1 heterocycles. The maximum atomic E-state index is 12.8. The summed E-state index contributed by atoms with van der Waals surface area (Å²) in [5, 5.41) is 2.89. The predicted octanol–water partition coefficient (Wildman–Crippen LogP) is 5.02. The fourth-order valence-corrected chi connectivity index (χ4v) is 2.82. The van der Waals surface area contributed by atoms with E-state index in [2.05, 4.69) is 29.1 Å². The van der Waals surface area contributed by atoms with Crippen LogP contribution in [0.5, 0.6) is 5.88 Å². The molecule has 0 fully saturated rings. The highest BCUT2D eigenvalue weighted by Crippen LogP contribution is 2.23. The summed E-state index contributed by atoms with van der Waals surface area (Å²) in [6.45, 7) is 10.6. The number of aryl methyl sites for hydroxylation is 2. The van der Waals surface area contributed by atoms with E-state index in [0.29, 0.717) is 23.7 Å². The zero-order chi connectivity index (χ0) is 19.6. The van der Waals surface area contributed by atoms with Crippen LogP contribution in [0.1, 0.15) is 53.9 Å². The average molecular weight is 363 g/mol. The maximum absolute atomic E-state index is 12.8. The number of nitrogens with one attached hydrogen (secondary N) is 1. The standard InChI is InChI=1S/C22H25N3O2/c1-6-27-22-20(24-18-11-14(4)15(5)12-19(18)25-22)21(26)23-17-9-7-16(8-10-17)13(2)3/h7-13H,6H2,1-5H3,(H,23,26). The number of aromatic nitrogens is 2. The lowest BCUT2D eigenvalue weighted by atomic mass is 10.0. The third-order valence-corrected chi connectivity index (χ3v) is 4.58. The molecule has 0 aliphatic rings. The first kappa shape index (κ1) is 18.8. The number of ether oxygens (including phenoxy) is 1. The molecule has 0 radical (unpaired) electrons. The van der Waals surface area contributed by atoms with Gasteiger partial charge in [0.1, 0.15) is 0 Å². The van der Waals surface area contributed by atoms with Gasteiger partial charge < -0.3 is 10.1 Å². The van der Waals surface area contributed by atoms with Gasteiger partial charge in [0.05, 0.1) is 17.6 Å². The fourth-order valence-electron chi connectivity index (χ4n) is 2.82. The molecule has 27 heavy (non-hydrogen) atoms. The van der Waals surface area contributed by atoms with E-state index in [1.165, 1.54) is 5.56 Å². The molecule has 0 saturated heterocycles. The highest BCUT2D eigenvalue weighted by Gasteiger charge is 2.18. The molecule has 0 aliphatic heterocycles. The number of anilines is 1. The number of rotatable bonds is 5. The van der Waals surface area contributed by atoms with Gasteiger partial charge in [-0.05, 0) is 67.6 Å². The second kappa shape index (κ2) is 7.74. The SMILES string of the molecule is CCOc1nc2cc(C)c(C)cc2nc1C(=O)Nc1ccc(C(C)C)cc1. The van der Waals surface area contributed by atoms with Crippen LogP contribution in [0.15, 0.2) is 36.4 Å². The highest BCUT2D eigenvalue weighted by molar-refractivity contribution is 6.05. The Morgan fingerprint density at radius 3 is 2.19 bits per heavy atom. The molecule has 0 unspecified atom stereocenters. The quantitative estimate of drug-likeness (QED) is 0.691. The molecule has 0 spiro atoms. The van der Waals surface area contributed by atoms with Crippen LogP contribution in [0.4, 0.5) is 5.69 Å². The van der Waals surface area contributed by atoms with Crippen molar-refractivity contribution in [1.82, 2.24) is 9.97 Å². The molecule has 0 aliphatic carbocycles. The molecule has 1 aromatic heterocycles. The lowest BCUT2D eigenvalue weighted by Crippen LogP contribution is -2.17. The topological polar surface area (TPSA) is 64.1 Å². The molecule has 3 aromatic rings. The van der Waals surface area contributed by atoms with Gasteiger partial charge in [0.2, 0.25) is 5.88 Å². The van der Waals surface area contributed by atoms with Crippen molar-refractivity contribution in [1.29, 1.82) is 0 Å². The number of amides is 1. The summed E-state index contributed by atoms with van der Waals surface area (Å²) >= 11 is 0. The smallest absolute Gasteiger partial charge is 0.279 e. The van der Waals surface area contributed by atoms with Crippen LogP contribution in [0, 0.1) is 13.8 Å². The van der Waals surface area contributed by atoms with Crippen molar-refractivity contribution in [2.45, 2.75) is 40.5 Å². The molecule has 140 valence electrons. The molecule has 0 saturated carbocycles. The van der Waals surface area contributed by atoms with Crippen LogP contribution >= 0.6 is 0 Å². The second-order valence-electron chi connectivity index (χ2n) is 6.97. The second-order valence-corrected chi connectivity index (χ2v) is 6.97. The Morgan fingerprint density at radius 2 is 1.63 bits per heavy atom. The third kappa shape index (κ3) is 4.08. The van der Waals surface area contributed by atoms with E-state index >= 15 is 0 Å². The monoisotopic (exact) mass is 363 g/mol. The number of hydrogen-bond acceptors (Lipinski definition) is 4. The van der Waals surface area contributed by atoms with E-state index in [4.69, 9.17) is 4.74 Å². The van der Waals surface area contributed by atoms with Gasteiger partial charge in [0.25, 0.3) is 5.91 Å². The minimum atomic E-state index is -0.330. The zero-order valence-electron chi connectivity index (χ0n) is 16.5. The van der Waals surface area contributed by atoms with Crippen LogP contribution in [0.2, 0.25) is 0 Å². The summed E-state index contributed by atoms with van der Waals surface area (Å²) in [6.07, 6.45) is 0. The number of carbonyl (C=O) groups is 1. The molecular formula is C22H25N3O2. The molecular weight excluding hydrogens is 338 g/mol.